The maximum Gasteiger partial charge on any atom is 0.0354 e. The Hall–Kier alpha value is -2.74. The smallest absolute Gasteiger partial charge is 0.0354 e. The highest BCUT2D eigenvalue weighted by Gasteiger charge is 2.12. The molecule has 0 saturated heterocycles. The van der Waals surface area contributed by atoms with Crippen LogP contribution < -0.4 is 11.5 Å². The Morgan fingerprint density at radius 3 is 1.42 bits per heavy atom. The highest BCUT2D eigenvalue weighted by molar-refractivity contribution is 5.64. The average Bonchev–Trinajstić information content (AvgIpc) is 2.54. The molecule has 4 N–H and O–H groups in total. The van der Waals surface area contributed by atoms with Gasteiger partial charge in [-0.05, 0) is 61.1 Å². The Morgan fingerprint density at radius 2 is 1.04 bits per heavy atom. The van der Waals surface area contributed by atoms with Crippen LogP contribution in [0, 0.1) is 13.8 Å². The van der Waals surface area contributed by atoms with Crippen molar-refractivity contribution in [3.05, 3.63) is 94.0 Å². The topological polar surface area (TPSA) is 52.0 Å². The first-order valence-electron chi connectivity index (χ1n) is 8.29. The number of nitrogen functional groups attached to an aromatic ring is 2. The Kier molecular flexibility index (Phi) is 4.57. The summed E-state index contributed by atoms with van der Waals surface area (Å²) in [6.45, 7) is 4.22. The Morgan fingerprint density at radius 1 is 0.625 bits per heavy atom. The molecular weight excluding hydrogens is 292 g/mol. The summed E-state index contributed by atoms with van der Waals surface area (Å²) < 4.78 is 0. The number of hydrogen-bond acceptors (Lipinski definition) is 2. The molecule has 0 bridgehead atoms. The zero-order valence-corrected chi connectivity index (χ0v) is 14.3. The lowest BCUT2D eigenvalue weighted by Gasteiger charge is -2.16. The van der Waals surface area contributed by atoms with E-state index in [1.54, 1.807) is 0 Å². The summed E-state index contributed by atoms with van der Waals surface area (Å²) >= 11 is 0. The van der Waals surface area contributed by atoms with Crippen molar-refractivity contribution in [2.24, 2.45) is 0 Å². The molecule has 0 spiro atoms. The van der Waals surface area contributed by atoms with Crippen molar-refractivity contribution >= 4 is 11.4 Å². The standard InChI is InChI=1S/C22H24N2/c1-15-5-3-7-17(11-15)13-19-20(22(24)10-9-21(19)23)14-18-8-4-6-16(2)12-18/h3-12H,13-14,23-24H2,1-2H3. The lowest BCUT2D eigenvalue weighted by molar-refractivity contribution is 1.09. The molecule has 0 unspecified atom stereocenters. The molecule has 2 heteroatoms. The van der Waals surface area contributed by atoms with Crippen molar-refractivity contribution in [1.29, 1.82) is 0 Å². The van der Waals surface area contributed by atoms with Crippen molar-refractivity contribution in [2.45, 2.75) is 26.7 Å². The van der Waals surface area contributed by atoms with Crippen LogP contribution in [0.1, 0.15) is 33.4 Å². The third-order valence-electron chi connectivity index (χ3n) is 4.43. The summed E-state index contributed by atoms with van der Waals surface area (Å²) in [5.74, 6) is 0. The van der Waals surface area contributed by atoms with E-state index in [9.17, 15) is 0 Å². The van der Waals surface area contributed by atoms with Gasteiger partial charge < -0.3 is 11.5 Å². The number of rotatable bonds is 4. The summed E-state index contributed by atoms with van der Waals surface area (Å²) in [6.07, 6.45) is 1.61. The molecule has 0 aliphatic carbocycles. The number of nitrogens with two attached hydrogens (primary N) is 2. The van der Waals surface area contributed by atoms with Crippen LogP contribution in [0.5, 0.6) is 0 Å². The van der Waals surface area contributed by atoms with Crippen LogP contribution >= 0.6 is 0 Å². The summed E-state index contributed by atoms with van der Waals surface area (Å²) in [5.41, 5.74) is 21.6. The molecular formula is C22H24N2. The highest BCUT2D eigenvalue weighted by Crippen LogP contribution is 2.28. The van der Waals surface area contributed by atoms with Crippen LogP contribution in [0.25, 0.3) is 0 Å². The minimum absolute atomic E-state index is 0.805. The third kappa shape index (κ3) is 3.60. The van der Waals surface area contributed by atoms with E-state index in [2.05, 4.69) is 62.4 Å². The van der Waals surface area contributed by atoms with Gasteiger partial charge in [0.1, 0.15) is 0 Å². The van der Waals surface area contributed by atoms with Gasteiger partial charge in [-0.3, -0.25) is 0 Å². The third-order valence-corrected chi connectivity index (χ3v) is 4.43. The molecule has 0 aromatic heterocycles. The Balaban J connectivity index is 2.00. The van der Waals surface area contributed by atoms with Gasteiger partial charge in [-0.1, -0.05) is 59.7 Å². The quantitative estimate of drug-likeness (QED) is 0.688. The first-order chi connectivity index (χ1) is 11.5. The molecule has 3 aromatic carbocycles. The van der Waals surface area contributed by atoms with Gasteiger partial charge in [0.05, 0.1) is 0 Å². The van der Waals surface area contributed by atoms with E-state index in [0.717, 1.165) is 35.3 Å². The van der Waals surface area contributed by atoms with Crippen LogP contribution in [-0.2, 0) is 12.8 Å². The van der Waals surface area contributed by atoms with Gasteiger partial charge in [0, 0.05) is 11.4 Å². The van der Waals surface area contributed by atoms with Gasteiger partial charge >= 0.3 is 0 Å². The van der Waals surface area contributed by atoms with Crippen molar-refractivity contribution in [3.8, 4) is 0 Å². The first-order valence-corrected chi connectivity index (χ1v) is 8.29. The van der Waals surface area contributed by atoms with E-state index >= 15 is 0 Å². The number of benzene rings is 3. The van der Waals surface area contributed by atoms with Gasteiger partial charge in [0.25, 0.3) is 0 Å². The first kappa shape index (κ1) is 16.1. The zero-order valence-electron chi connectivity index (χ0n) is 14.3. The van der Waals surface area contributed by atoms with Gasteiger partial charge in [-0.15, -0.1) is 0 Å². The van der Waals surface area contributed by atoms with E-state index < -0.39 is 0 Å². The molecule has 3 rings (SSSR count). The SMILES string of the molecule is Cc1cccc(Cc2c(N)ccc(N)c2Cc2cccc(C)c2)c1. The second kappa shape index (κ2) is 6.79. The molecule has 122 valence electrons. The molecule has 0 aliphatic heterocycles. The molecule has 0 saturated carbocycles. The summed E-state index contributed by atoms with van der Waals surface area (Å²) in [6, 6.07) is 20.9. The fourth-order valence-corrected chi connectivity index (χ4v) is 3.20. The molecule has 3 aromatic rings. The minimum atomic E-state index is 0.805. The van der Waals surface area contributed by atoms with E-state index in [1.807, 2.05) is 12.1 Å². The fourth-order valence-electron chi connectivity index (χ4n) is 3.20. The normalized spacial score (nSPS) is 10.8. The molecule has 0 atom stereocenters. The molecule has 0 amide bonds. The van der Waals surface area contributed by atoms with Crippen molar-refractivity contribution in [2.75, 3.05) is 11.5 Å². The van der Waals surface area contributed by atoms with Gasteiger partial charge in [-0.25, -0.2) is 0 Å². The number of aryl methyl sites for hydroxylation is 2. The Labute approximate surface area is 144 Å². The largest absolute Gasteiger partial charge is 0.398 e. The second-order valence-corrected chi connectivity index (χ2v) is 6.53. The van der Waals surface area contributed by atoms with E-state index in [4.69, 9.17) is 11.5 Å². The molecule has 0 heterocycles. The number of hydrogen-bond donors (Lipinski definition) is 2. The lowest BCUT2D eigenvalue weighted by Crippen LogP contribution is -2.06. The monoisotopic (exact) mass is 316 g/mol. The van der Waals surface area contributed by atoms with Crippen LogP contribution in [-0.4, -0.2) is 0 Å². The van der Waals surface area contributed by atoms with Gasteiger partial charge in [0.15, 0.2) is 0 Å². The maximum absolute atomic E-state index is 6.30. The van der Waals surface area contributed by atoms with E-state index in [0.29, 0.717) is 0 Å². The van der Waals surface area contributed by atoms with Crippen LogP contribution in [0.3, 0.4) is 0 Å². The second-order valence-electron chi connectivity index (χ2n) is 6.53. The van der Waals surface area contributed by atoms with E-state index in [1.165, 1.54) is 22.3 Å². The van der Waals surface area contributed by atoms with Gasteiger partial charge in [-0.2, -0.15) is 0 Å². The van der Waals surface area contributed by atoms with E-state index in [-0.39, 0.29) is 0 Å². The van der Waals surface area contributed by atoms with Crippen molar-refractivity contribution < 1.29 is 0 Å². The van der Waals surface area contributed by atoms with Crippen LogP contribution in [0.15, 0.2) is 60.7 Å². The predicted octanol–water partition coefficient (Wildman–Crippen LogP) is 4.65. The number of anilines is 2. The predicted molar refractivity (Wildman–Crippen MR) is 103 cm³/mol. The summed E-state index contributed by atoms with van der Waals surface area (Å²) in [7, 11) is 0. The maximum atomic E-state index is 6.30. The molecule has 2 nitrogen and oxygen atoms in total. The summed E-state index contributed by atoms with van der Waals surface area (Å²) in [4.78, 5) is 0. The Bertz CT molecular complexity index is 793. The van der Waals surface area contributed by atoms with Crippen LogP contribution in [0.4, 0.5) is 11.4 Å². The average molecular weight is 316 g/mol. The lowest BCUT2D eigenvalue weighted by atomic mass is 9.92. The minimum Gasteiger partial charge on any atom is -0.398 e. The molecule has 0 aliphatic rings. The van der Waals surface area contributed by atoms with Gasteiger partial charge in [0.2, 0.25) is 0 Å². The molecule has 0 fully saturated rings. The summed E-state index contributed by atoms with van der Waals surface area (Å²) in [5, 5.41) is 0. The van der Waals surface area contributed by atoms with Crippen LogP contribution in [0.2, 0.25) is 0 Å². The van der Waals surface area contributed by atoms with Crippen molar-refractivity contribution in [1.82, 2.24) is 0 Å². The highest BCUT2D eigenvalue weighted by atomic mass is 14.6. The fraction of sp³-hybridized carbons (Fsp3) is 0.182. The van der Waals surface area contributed by atoms with Crippen molar-refractivity contribution in [3.63, 3.8) is 0 Å². The zero-order chi connectivity index (χ0) is 17.1. The molecule has 0 radical (unpaired) electrons. The molecule has 24 heavy (non-hydrogen) atoms.